The number of anilines is 1. The fourth-order valence-corrected chi connectivity index (χ4v) is 3.29. The van der Waals surface area contributed by atoms with Gasteiger partial charge in [0.2, 0.25) is 0 Å². The smallest absolute Gasteiger partial charge is 0.0728 e. The summed E-state index contributed by atoms with van der Waals surface area (Å²) in [5.41, 5.74) is 1.18. The van der Waals surface area contributed by atoms with E-state index in [1.54, 1.807) is 0 Å². The number of piperidine rings is 1. The molecule has 0 aromatic carbocycles. The molecule has 1 aromatic rings. The molecule has 0 spiro atoms. The average molecular weight is 248 g/mol. The second-order valence-electron chi connectivity index (χ2n) is 6.00. The lowest BCUT2D eigenvalue weighted by Crippen LogP contribution is -2.42. The second-order valence-corrected chi connectivity index (χ2v) is 6.00. The van der Waals surface area contributed by atoms with Crippen LogP contribution < -0.4 is 5.32 Å². The van der Waals surface area contributed by atoms with Crippen molar-refractivity contribution in [1.82, 2.24) is 14.7 Å². The van der Waals surface area contributed by atoms with Crippen molar-refractivity contribution >= 4 is 5.69 Å². The number of nitrogens with one attached hydrogen (secondary N) is 1. The standard InChI is InChI=1S/C14H24N4/c1-11(2)18-10-13(9-15-18)16-12-5-7-17-6-3-4-14(17)8-12/h9-12,14,16H,3-8H2,1-2H3. The quantitative estimate of drug-likeness (QED) is 0.892. The van der Waals surface area contributed by atoms with Crippen LogP contribution in [0, 0.1) is 0 Å². The number of hydrogen-bond acceptors (Lipinski definition) is 3. The zero-order valence-corrected chi connectivity index (χ0v) is 11.5. The summed E-state index contributed by atoms with van der Waals surface area (Å²) in [4.78, 5) is 2.66. The van der Waals surface area contributed by atoms with Crippen LogP contribution in [0.4, 0.5) is 5.69 Å². The van der Waals surface area contributed by atoms with Crippen LogP contribution in [0.3, 0.4) is 0 Å². The number of fused-ring (bicyclic) bond motifs is 1. The molecule has 2 atom stereocenters. The van der Waals surface area contributed by atoms with Gasteiger partial charge in [-0.05, 0) is 46.1 Å². The van der Waals surface area contributed by atoms with Crippen LogP contribution in [0.25, 0.3) is 0 Å². The molecule has 4 nitrogen and oxygen atoms in total. The van der Waals surface area contributed by atoms with E-state index in [9.17, 15) is 0 Å². The number of nitrogens with zero attached hydrogens (tertiary/aromatic N) is 3. The molecule has 2 aliphatic rings. The van der Waals surface area contributed by atoms with Crippen molar-refractivity contribution in [2.75, 3.05) is 18.4 Å². The zero-order valence-electron chi connectivity index (χ0n) is 11.5. The summed E-state index contributed by atoms with van der Waals surface area (Å²) < 4.78 is 2.02. The minimum absolute atomic E-state index is 0.442. The van der Waals surface area contributed by atoms with E-state index in [2.05, 4.69) is 35.4 Å². The lowest BCUT2D eigenvalue weighted by Gasteiger charge is -2.35. The first-order valence-electron chi connectivity index (χ1n) is 7.27. The van der Waals surface area contributed by atoms with Crippen molar-refractivity contribution in [3.05, 3.63) is 12.4 Å². The summed E-state index contributed by atoms with van der Waals surface area (Å²) >= 11 is 0. The molecule has 3 heterocycles. The van der Waals surface area contributed by atoms with Crippen molar-refractivity contribution in [2.24, 2.45) is 0 Å². The summed E-state index contributed by atoms with van der Waals surface area (Å²) in [6.07, 6.45) is 9.44. The maximum absolute atomic E-state index is 4.39. The Balaban J connectivity index is 1.59. The highest BCUT2D eigenvalue weighted by atomic mass is 15.3. The van der Waals surface area contributed by atoms with Crippen LogP contribution in [0.1, 0.15) is 45.6 Å². The van der Waals surface area contributed by atoms with Gasteiger partial charge in [-0.25, -0.2) is 0 Å². The van der Waals surface area contributed by atoms with Crippen LogP contribution in [-0.2, 0) is 0 Å². The van der Waals surface area contributed by atoms with Gasteiger partial charge in [-0.2, -0.15) is 5.10 Å². The highest BCUT2D eigenvalue weighted by molar-refractivity contribution is 5.39. The summed E-state index contributed by atoms with van der Waals surface area (Å²) in [6, 6.07) is 1.91. The Labute approximate surface area is 109 Å². The fourth-order valence-electron chi connectivity index (χ4n) is 3.29. The monoisotopic (exact) mass is 248 g/mol. The highest BCUT2D eigenvalue weighted by Gasteiger charge is 2.31. The van der Waals surface area contributed by atoms with E-state index >= 15 is 0 Å². The molecule has 2 fully saturated rings. The molecule has 0 saturated carbocycles. The van der Waals surface area contributed by atoms with E-state index in [-0.39, 0.29) is 0 Å². The molecule has 0 aliphatic carbocycles. The van der Waals surface area contributed by atoms with Crippen LogP contribution in [0.15, 0.2) is 12.4 Å². The normalized spacial score (nSPS) is 28.6. The second kappa shape index (κ2) is 4.92. The van der Waals surface area contributed by atoms with Gasteiger partial charge >= 0.3 is 0 Å². The van der Waals surface area contributed by atoms with Gasteiger partial charge in [0, 0.05) is 30.9 Å². The van der Waals surface area contributed by atoms with Crippen LogP contribution in [0.2, 0.25) is 0 Å². The molecule has 3 rings (SSSR count). The SMILES string of the molecule is CC(C)n1cc(NC2CCN3CCCC3C2)cn1. The summed E-state index contributed by atoms with van der Waals surface area (Å²) in [6.45, 7) is 6.91. The number of aromatic nitrogens is 2. The molecule has 4 heteroatoms. The molecule has 2 aliphatic heterocycles. The summed E-state index contributed by atoms with van der Waals surface area (Å²) in [5.74, 6) is 0. The lowest BCUT2D eigenvalue weighted by atomic mass is 9.97. The molecule has 100 valence electrons. The third-order valence-corrected chi connectivity index (χ3v) is 4.32. The topological polar surface area (TPSA) is 33.1 Å². The molecule has 18 heavy (non-hydrogen) atoms. The van der Waals surface area contributed by atoms with Gasteiger partial charge in [-0.3, -0.25) is 4.68 Å². The minimum atomic E-state index is 0.442. The van der Waals surface area contributed by atoms with Crippen LogP contribution >= 0.6 is 0 Å². The summed E-state index contributed by atoms with van der Waals surface area (Å²) in [5, 5.41) is 8.05. The Morgan fingerprint density at radius 2 is 2.22 bits per heavy atom. The maximum Gasteiger partial charge on any atom is 0.0728 e. The van der Waals surface area contributed by atoms with Gasteiger partial charge in [0.05, 0.1) is 11.9 Å². The molecular formula is C14H24N4. The van der Waals surface area contributed by atoms with E-state index in [1.165, 1.54) is 44.5 Å². The first kappa shape index (κ1) is 12.0. The Kier molecular flexibility index (Phi) is 3.29. The van der Waals surface area contributed by atoms with Gasteiger partial charge < -0.3 is 10.2 Å². The third kappa shape index (κ3) is 2.39. The Morgan fingerprint density at radius 3 is 3.00 bits per heavy atom. The van der Waals surface area contributed by atoms with Gasteiger partial charge in [0.15, 0.2) is 0 Å². The van der Waals surface area contributed by atoms with Gasteiger partial charge in [0.1, 0.15) is 0 Å². The fraction of sp³-hybridized carbons (Fsp3) is 0.786. The van der Waals surface area contributed by atoms with Crippen molar-refractivity contribution < 1.29 is 0 Å². The van der Waals surface area contributed by atoms with Crippen LogP contribution in [-0.4, -0.2) is 39.9 Å². The van der Waals surface area contributed by atoms with Crippen molar-refractivity contribution in [3.63, 3.8) is 0 Å². The molecule has 2 unspecified atom stereocenters. The molecule has 0 radical (unpaired) electrons. The molecule has 1 aromatic heterocycles. The lowest BCUT2D eigenvalue weighted by molar-refractivity contribution is 0.188. The molecular weight excluding hydrogens is 224 g/mol. The zero-order chi connectivity index (χ0) is 12.5. The van der Waals surface area contributed by atoms with Crippen molar-refractivity contribution in [3.8, 4) is 0 Å². The Bertz CT molecular complexity index is 398. The molecule has 2 saturated heterocycles. The number of hydrogen-bond donors (Lipinski definition) is 1. The largest absolute Gasteiger partial charge is 0.380 e. The molecule has 0 amide bonds. The first-order valence-corrected chi connectivity index (χ1v) is 7.27. The first-order chi connectivity index (χ1) is 8.72. The minimum Gasteiger partial charge on any atom is -0.380 e. The predicted octanol–water partition coefficient (Wildman–Crippen LogP) is 2.50. The van der Waals surface area contributed by atoms with E-state index in [0.29, 0.717) is 12.1 Å². The number of rotatable bonds is 3. The van der Waals surface area contributed by atoms with Gasteiger partial charge in [-0.15, -0.1) is 0 Å². The van der Waals surface area contributed by atoms with Crippen LogP contribution in [0.5, 0.6) is 0 Å². The van der Waals surface area contributed by atoms with Gasteiger partial charge in [-0.1, -0.05) is 0 Å². The Hall–Kier alpha value is -1.03. The van der Waals surface area contributed by atoms with Gasteiger partial charge in [0.25, 0.3) is 0 Å². The van der Waals surface area contributed by atoms with Crippen molar-refractivity contribution in [1.29, 1.82) is 0 Å². The Morgan fingerprint density at radius 1 is 1.33 bits per heavy atom. The summed E-state index contributed by atoms with van der Waals surface area (Å²) in [7, 11) is 0. The molecule has 0 bridgehead atoms. The highest BCUT2D eigenvalue weighted by Crippen LogP contribution is 2.28. The van der Waals surface area contributed by atoms with E-state index in [4.69, 9.17) is 0 Å². The predicted molar refractivity (Wildman–Crippen MR) is 73.9 cm³/mol. The van der Waals surface area contributed by atoms with Crippen molar-refractivity contribution in [2.45, 2.75) is 57.7 Å². The average Bonchev–Trinajstić information content (AvgIpc) is 2.96. The van der Waals surface area contributed by atoms with E-state index in [0.717, 1.165) is 6.04 Å². The molecule has 1 N–H and O–H groups in total. The van der Waals surface area contributed by atoms with E-state index < -0.39 is 0 Å². The third-order valence-electron chi connectivity index (χ3n) is 4.32. The van der Waals surface area contributed by atoms with E-state index in [1.807, 2.05) is 10.9 Å². The maximum atomic E-state index is 4.39.